The molecule has 3 rings (SSSR count). The molecule has 0 saturated heterocycles. The average Bonchev–Trinajstić information content (AvgIpc) is 2.79. The highest BCUT2D eigenvalue weighted by molar-refractivity contribution is 7.10. The van der Waals surface area contributed by atoms with E-state index in [1.54, 1.807) is 16.2 Å². The molecular formula is C14H17NO3S. The van der Waals surface area contributed by atoms with Gasteiger partial charge in [-0.05, 0) is 42.2 Å². The standard InChI is InChI=1S/C14H17NO3S/c16-12(8-9-2-1-3-9)15-6-4-11-10(5-7-19-11)13(15)14(17)18/h5,7,9,13H,1-4,6,8H2,(H,17,18). The van der Waals surface area contributed by atoms with Crippen molar-refractivity contribution < 1.29 is 14.7 Å². The lowest BCUT2D eigenvalue weighted by Crippen LogP contribution is -2.43. The van der Waals surface area contributed by atoms with Crippen molar-refractivity contribution in [3.05, 3.63) is 21.9 Å². The molecule has 1 unspecified atom stereocenters. The van der Waals surface area contributed by atoms with Crippen LogP contribution in [0.2, 0.25) is 0 Å². The number of fused-ring (bicyclic) bond motifs is 1. The molecule has 1 aliphatic carbocycles. The number of aliphatic carboxylic acids is 1. The number of nitrogens with zero attached hydrogens (tertiary/aromatic N) is 1. The number of carbonyl (C=O) groups excluding carboxylic acids is 1. The van der Waals surface area contributed by atoms with Crippen molar-refractivity contribution in [2.75, 3.05) is 6.54 Å². The Bertz CT molecular complexity index is 507. The second-order valence-corrected chi connectivity index (χ2v) is 6.38. The molecule has 0 spiro atoms. The Morgan fingerprint density at radius 1 is 1.42 bits per heavy atom. The predicted molar refractivity (Wildman–Crippen MR) is 72.1 cm³/mol. The molecule has 1 amide bonds. The van der Waals surface area contributed by atoms with Crippen molar-refractivity contribution in [1.82, 2.24) is 4.90 Å². The molecule has 2 heterocycles. The van der Waals surface area contributed by atoms with Crippen LogP contribution in [0, 0.1) is 5.92 Å². The van der Waals surface area contributed by atoms with Gasteiger partial charge in [-0.25, -0.2) is 4.79 Å². The van der Waals surface area contributed by atoms with Crippen LogP contribution in [0.25, 0.3) is 0 Å². The summed E-state index contributed by atoms with van der Waals surface area (Å²) >= 11 is 1.59. The van der Waals surface area contributed by atoms with Crippen LogP contribution in [0.15, 0.2) is 11.4 Å². The van der Waals surface area contributed by atoms with E-state index in [1.807, 2.05) is 11.4 Å². The Morgan fingerprint density at radius 3 is 2.84 bits per heavy atom. The monoisotopic (exact) mass is 279 g/mol. The van der Waals surface area contributed by atoms with Gasteiger partial charge in [0.2, 0.25) is 5.91 Å². The quantitative estimate of drug-likeness (QED) is 0.924. The number of rotatable bonds is 3. The van der Waals surface area contributed by atoms with E-state index in [4.69, 9.17) is 0 Å². The van der Waals surface area contributed by atoms with Gasteiger partial charge in [-0.1, -0.05) is 6.42 Å². The molecule has 2 aliphatic rings. The summed E-state index contributed by atoms with van der Waals surface area (Å²) in [6, 6.07) is 1.07. The summed E-state index contributed by atoms with van der Waals surface area (Å²) in [5.41, 5.74) is 0.811. The van der Waals surface area contributed by atoms with E-state index in [0.29, 0.717) is 18.9 Å². The van der Waals surface area contributed by atoms with Crippen LogP contribution in [0.4, 0.5) is 0 Å². The second kappa shape index (κ2) is 4.96. The summed E-state index contributed by atoms with van der Waals surface area (Å²) in [6.45, 7) is 0.538. The molecule has 1 fully saturated rings. The van der Waals surface area contributed by atoms with Crippen LogP contribution in [-0.2, 0) is 16.0 Å². The number of carboxylic acid groups (broad SMARTS) is 1. The molecule has 1 aromatic rings. The van der Waals surface area contributed by atoms with Gasteiger partial charge >= 0.3 is 5.97 Å². The van der Waals surface area contributed by atoms with E-state index in [2.05, 4.69) is 0 Å². The highest BCUT2D eigenvalue weighted by Crippen LogP contribution is 2.36. The summed E-state index contributed by atoms with van der Waals surface area (Å²) in [5.74, 6) is -0.430. The Balaban J connectivity index is 1.80. The third-order valence-electron chi connectivity index (χ3n) is 4.21. The molecule has 102 valence electrons. The summed E-state index contributed by atoms with van der Waals surface area (Å²) in [5, 5.41) is 11.4. The molecule has 0 bridgehead atoms. The first-order chi connectivity index (χ1) is 9.16. The van der Waals surface area contributed by atoms with Gasteiger partial charge in [0, 0.05) is 17.8 Å². The van der Waals surface area contributed by atoms with Crippen LogP contribution < -0.4 is 0 Å². The number of hydrogen-bond acceptors (Lipinski definition) is 3. The van der Waals surface area contributed by atoms with Crippen molar-refractivity contribution in [2.45, 2.75) is 38.1 Å². The SMILES string of the molecule is O=C(O)C1c2ccsc2CCN1C(=O)CC1CCC1. The number of thiophene rings is 1. The topological polar surface area (TPSA) is 57.6 Å². The van der Waals surface area contributed by atoms with Gasteiger partial charge in [0.15, 0.2) is 6.04 Å². The van der Waals surface area contributed by atoms with Crippen molar-refractivity contribution in [3.8, 4) is 0 Å². The highest BCUT2D eigenvalue weighted by atomic mass is 32.1. The highest BCUT2D eigenvalue weighted by Gasteiger charge is 2.37. The Labute approximate surface area is 116 Å². The van der Waals surface area contributed by atoms with E-state index >= 15 is 0 Å². The predicted octanol–water partition coefficient (Wildman–Crippen LogP) is 2.45. The van der Waals surface area contributed by atoms with E-state index in [-0.39, 0.29) is 5.91 Å². The Morgan fingerprint density at radius 2 is 2.21 bits per heavy atom. The maximum Gasteiger partial charge on any atom is 0.331 e. The molecule has 1 aromatic heterocycles. The number of carbonyl (C=O) groups is 2. The number of amides is 1. The van der Waals surface area contributed by atoms with E-state index in [9.17, 15) is 14.7 Å². The fourth-order valence-electron chi connectivity index (χ4n) is 2.91. The zero-order valence-corrected chi connectivity index (χ0v) is 11.5. The first-order valence-electron chi connectivity index (χ1n) is 6.75. The van der Waals surface area contributed by atoms with E-state index in [1.165, 1.54) is 6.42 Å². The molecule has 1 atom stereocenters. The normalized spacial score (nSPS) is 22.7. The zero-order chi connectivity index (χ0) is 13.4. The average molecular weight is 279 g/mol. The van der Waals surface area contributed by atoms with Crippen LogP contribution in [0.3, 0.4) is 0 Å². The minimum Gasteiger partial charge on any atom is -0.479 e. The largest absolute Gasteiger partial charge is 0.479 e. The second-order valence-electron chi connectivity index (χ2n) is 5.38. The van der Waals surface area contributed by atoms with Gasteiger partial charge in [0.05, 0.1) is 0 Å². The van der Waals surface area contributed by atoms with Crippen LogP contribution in [0.5, 0.6) is 0 Å². The molecule has 5 heteroatoms. The minimum absolute atomic E-state index is 0.00829. The van der Waals surface area contributed by atoms with Crippen molar-refractivity contribution in [1.29, 1.82) is 0 Å². The maximum atomic E-state index is 12.3. The van der Waals surface area contributed by atoms with Crippen LogP contribution in [-0.4, -0.2) is 28.4 Å². The van der Waals surface area contributed by atoms with Gasteiger partial charge in [-0.3, -0.25) is 4.79 Å². The lowest BCUT2D eigenvalue weighted by Gasteiger charge is -2.35. The molecule has 1 aliphatic heterocycles. The third kappa shape index (κ3) is 2.27. The van der Waals surface area contributed by atoms with Gasteiger partial charge in [-0.2, -0.15) is 0 Å². The lowest BCUT2D eigenvalue weighted by molar-refractivity contribution is -0.151. The molecular weight excluding hydrogens is 262 g/mol. The Kier molecular flexibility index (Phi) is 3.31. The van der Waals surface area contributed by atoms with Crippen LogP contribution >= 0.6 is 11.3 Å². The third-order valence-corrected chi connectivity index (χ3v) is 5.20. The maximum absolute atomic E-state index is 12.3. The van der Waals surface area contributed by atoms with Gasteiger partial charge in [0.25, 0.3) is 0 Å². The molecule has 1 saturated carbocycles. The fraction of sp³-hybridized carbons (Fsp3) is 0.571. The van der Waals surface area contributed by atoms with Crippen LogP contribution in [0.1, 0.15) is 42.2 Å². The molecule has 1 N–H and O–H groups in total. The molecule has 0 radical (unpaired) electrons. The number of hydrogen-bond donors (Lipinski definition) is 1. The van der Waals surface area contributed by atoms with E-state index < -0.39 is 12.0 Å². The van der Waals surface area contributed by atoms with Crippen molar-refractivity contribution >= 4 is 23.2 Å². The molecule has 0 aromatic carbocycles. The first-order valence-corrected chi connectivity index (χ1v) is 7.63. The smallest absolute Gasteiger partial charge is 0.331 e. The first kappa shape index (κ1) is 12.7. The van der Waals surface area contributed by atoms with Crippen molar-refractivity contribution in [3.63, 3.8) is 0 Å². The van der Waals surface area contributed by atoms with Gasteiger partial charge in [0.1, 0.15) is 0 Å². The molecule has 4 nitrogen and oxygen atoms in total. The van der Waals surface area contributed by atoms with Crippen molar-refractivity contribution in [2.24, 2.45) is 5.92 Å². The summed E-state index contributed by atoms with van der Waals surface area (Å²) in [4.78, 5) is 26.5. The summed E-state index contributed by atoms with van der Waals surface area (Å²) in [6.07, 6.45) is 4.73. The molecule has 19 heavy (non-hydrogen) atoms. The number of carboxylic acids is 1. The Hall–Kier alpha value is -1.36. The van der Waals surface area contributed by atoms with Gasteiger partial charge in [-0.15, -0.1) is 11.3 Å². The zero-order valence-electron chi connectivity index (χ0n) is 10.7. The van der Waals surface area contributed by atoms with Gasteiger partial charge < -0.3 is 10.0 Å². The van der Waals surface area contributed by atoms with E-state index in [0.717, 1.165) is 29.7 Å². The fourth-order valence-corrected chi connectivity index (χ4v) is 3.82. The minimum atomic E-state index is -0.915. The summed E-state index contributed by atoms with van der Waals surface area (Å²) in [7, 11) is 0. The summed E-state index contributed by atoms with van der Waals surface area (Å²) < 4.78 is 0. The lowest BCUT2D eigenvalue weighted by atomic mass is 9.82.